The zero-order valence-electron chi connectivity index (χ0n) is 19.3. The van der Waals surface area contributed by atoms with Crippen LogP contribution in [0.15, 0.2) is 29.3 Å². The highest BCUT2D eigenvalue weighted by Crippen LogP contribution is 2.31. The molecule has 9 nitrogen and oxygen atoms in total. The van der Waals surface area contributed by atoms with Gasteiger partial charge in [0.25, 0.3) is 0 Å². The van der Waals surface area contributed by atoms with E-state index >= 15 is 0 Å². The minimum absolute atomic E-state index is 0.0262. The summed E-state index contributed by atoms with van der Waals surface area (Å²) >= 11 is 10.9. The van der Waals surface area contributed by atoms with Crippen LogP contribution in [0.2, 0.25) is 5.02 Å². The van der Waals surface area contributed by atoms with Crippen LogP contribution >= 0.6 is 23.2 Å². The average molecular weight is 530 g/mol. The summed E-state index contributed by atoms with van der Waals surface area (Å²) in [6.45, 7) is 5.21. The van der Waals surface area contributed by atoms with Gasteiger partial charge >= 0.3 is 0 Å². The van der Waals surface area contributed by atoms with Crippen LogP contribution in [0.3, 0.4) is 0 Å². The summed E-state index contributed by atoms with van der Waals surface area (Å²) in [4.78, 5) is 28.4. The standard InChI is InChI=1S/C20H26ClN5O3S.C2H3ClO/c1-12-17(11-24-20(22)25-12)15-5-8-18(21)19(9-15)30(28,29)26-16-6-3-14(4-7-16)10-23-13(2)27;1-2(3)4/h5,8-9,11,14,16,26H,3-4,6-7,10H2,1-2H3,(H,23,27)(H2,22,24,25);1H3. The summed E-state index contributed by atoms with van der Waals surface area (Å²) < 4.78 is 28.9. The van der Waals surface area contributed by atoms with Crippen molar-refractivity contribution in [2.24, 2.45) is 5.92 Å². The first-order valence-electron chi connectivity index (χ1n) is 10.7. The van der Waals surface area contributed by atoms with E-state index in [2.05, 4.69) is 31.6 Å². The number of amides is 1. The second-order valence-electron chi connectivity index (χ2n) is 8.12. The molecule has 1 fully saturated rings. The number of nitrogens with one attached hydrogen (secondary N) is 2. The zero-order valence-corrected chi connectivity index (χ0v) is 21.6. The molecule has 0 radical (unpaired) electrons. The molecule has 2 aromatic rings. The molecule has 34 heavy (non-hydrogen) atoms. The van der Waals surface area contributed by atoms with E-state index in [0.717, 1.165) is 12.8 Å². The normalized spacial score (nSPS) is 17.9. The Morgan fingerprint density at radius 1 is 1.18 bits per heavy atom. The van der Waals surface area contributed by atoms with Crippen LogP contribution in [0, 0.1) is 12.8 Å². The molecule has 3 rings (SSSR count). The number of aryl methyl sites for hydroxylation is 1. The van der Waals surface area contributed by atoms with Crippen molar-refractivity contribution in [2.45, 2.75) is 57.4 Å². The second kappa shape index (κ2) is 12.4. The number of hydrogen-bond donors (Lipinski definition) is 3. The highest BCUT2D eigenvalue weighted by molar-refractivity contribution is 7.89. The Labute approximate surface area is 209 Å². The van der Waals surface area contributed by atoms with Crippen molar-refractivity contribution in [3.63, 3.8) is 0 Å². The predicted octanol–water partition coefficient (Wildman–Crippen LogP) is 3.43. The molecule has 0 unspecified atom stereocenters. The predicted molar refractivity (Wildman–Crippen MR) is 133 cm³/mol. The van der Waals surface area contributed by atoms with Crippen LogP contribution < -0.4 is 15.8 Å². The molecule has 0 atom stereocenters. The lowest BCUT2D eigenvalue weighted by molar-refractivity contribution is -0.119. The number of nitrogen functional groups attached to an aromatic ring is 1. The Hall–Kier alpha value is -2.27. The van der Waals surface area contributed by atoms with Crippen LogP contribution in [0.25, 0.3) is 11.1 Å². The van der Waals surface area contributed by atoms with Gasteiger partial charge in [-0.2, -0.15) is 0 Å². The molecule has 1 amide bonds. The van der Waals surface area contributed by atoms with Gasteiger partial charge in [-0.25, -0.2) is 23.1 Å². The molecule has 1 aliphatic rings. The average Bonchev–Trinajstić information content (AvgIpc) is 2.73. The van der Waals surface area contributed by atoms with Gasteiger partial charge in [-0.1, -0.05) is 17.7 Å². The third kappa shape index (κ3) is 8.50. The molecular formula is C22H29Cl2N5O4S. The van der Waals surface area contributed by atoms with E-state index in [-0.39, 0.29) is 33.1 Å². The van der Waals surface area contributed by atoms with Crippen LogP contribution in [-0.2, 0) is 19.6 Å². The number of rotatable bonds is 6. The van der Waals surface area contributed by atoms with Crippen molar-refractivity contribution in [2.75, 3.05) is 12.3 Å². The minimum atomic E-state index is -3.80. The summed E-state index contributed by atoms with van der Waals surface area (Å²) in [5, 5.41) is 2.62. The molecule has 1 aromatic heterocycles. The van der Waals surface area contributed by atoms with Crippen molar-refractivity contribution >= 4 is 50.3 Å². The molecule has 0 spiro atoms. The molecule has 186 valence electrons. The van der Waals surface area contributed by atoms with Gasteiger partial charge in [-0.15, -0.1) is 0 Å². The van der Waals surface area contributed by atoms with Crippen molar-refractivity contribution in [1.82, 2.24) is 20.0 Å². The van der Waals surface area contributed by atoms with Crippen molar-refractivity contribution in [3.8, 4) is 11.1 Å². The lowest BCUT2D eigenvalue weighted by Crippen LogP contribution is -2.39. The van der Waals surface area contributed by atoms with Gasteiger partial charge in [-0.3, -0.25) is 9.59 Å². The third-order valence-electron chi connectivity index (χ3n) is 5.34. The van der Waals surface area contributed by atoms with Gasteiger partial charge in [-0.05, 0) is 67.8 Å². The molecule has 0 aliphatic heterocycles. The number of halogens is 2. The van der Waals surface area contributed by atoms with E-state index in [1.165, 1.54) is 19.9 Å². The first-order valence-corrected chi connectivity index (χ1v) is 12.9. The van der Waals surface area contributed by atoms with Crippen molar-refractivity contribution in [3.05, 3.63) is 35.1 Å². The summed E-state index contributed by atoms with van der Waals surface area (Å²) in [6, 6.07) is 4.67. The molecule has 1 aromatic carbocycles. The molecule has 1 heterocycles. The first kappa shape index (κ1) is 28.0. The summed E-state index contributed by atoms with van der Waals surface area (Å²) in [7, 11) is -3.80. The SMILES string of the molecule is CC(=O)Cl.CC(=O)NCC1CCC(NS(=O)(=O)c2cc(-c3cnc(N)nc3C)ccc2Cl)CC1. The first-order chi connectivity index (χ1) is 15.9. The van der Waals surface area contributed by atoms with E-state index in [9.17, 15) is 18.0 Å². The van der Waals surface area contributed by atoms with Crippen LogP contribution in [0.1, 0.15) is 45.2 Å². The number of hydrogen-bond acceptors (Lipinski definition) is 7. The summed E-state index contributed by atoms with van der Waals surface area (Å²) in [5.74, 6) is 0.484. The number of carbonyl (C=O) groups is 2. The Morgan fingerprint density at radius 2 is 1.79 bits per heavy atom. The fraction of sp³-hybridized carbons (Fsp3) is 0.455. The smallest absolute Gasteiger partial charge is 0.242 e. The molecule has 12 heteroatoms. The third-order valence-corrected chi connectivity index (χ3v) is 7.34. The Kier molecular flexibility index (Phi) is 10.2. The number of anilines is 1. The van der Waals surface area contributed by atoms with Gasteiger partial charge in [0.1, 0.15) is 4.90 Å². The Morgan fingerprint density at radius 3 is 2.35 bits per heavy atom. The highest BCUT2D eigenvalue weighted by atomic mass is 35.5. The number of aromatic nitrogens is 2. The Balaban J connectivity index is 0.000000945. The van der Waals surface area contributed by atoms with Crippen LogP contribution in [0.5, 0.6) is 0 Å². The molecule has 4 N–H and O–H groups in total. The van der Waals surface area contributed by atoms with E-state index in [4.69, 9.17) is 17.3 Å². The number of nitrogens with two attached hydrogens (primary N) is 1. The quantitative estimate of drug-likeness (QED) is 0.486. The number of carbonyl (C=O) groups excluding carboxylic acids is 2. The highest BCUT2D eigenvalue weighted by Gasteiger charge is 2.27. The zero-order chi connectivity index (χ0) is 25.5. The van der Waals surface area contributed by atoms with E-state index < -0.39 is 10.0 Å². The molecular weight excluding hydrogens is 501 g/mol. The maximum Gasteiger partial charge on any atom is 0.242 e. The summed E-state index contributed by atoms with van der Waals surface area (Å²) in [6.07, 6.45) is 4.70. The molecule has 0 bridgehead atoms. The van der Waals surface area contributed by atoms with Crippen LogP contribution in [-0.4, -0.2) is 42.1 Å². The second-order valence-corrected chi connectivity index (χ2v) is 10.7. The van der Waals surface area contributed by atoms with E-state index in [1.54, 1.807) is 25.3 Å². The Bertz CT molecular complexity index is 1130. The van der Waals surface area contributed by atoms with Gasteiger partial charge in [0.15, 0.2) is 0 Å². The van der Waals surface area contributed by atoms with Gasteiger partial charge < -0.3 is 11.1 Å². The van der Waals surface area contributed by atoms with Gasteiger partial charge in [0.05, 0.1) is 10.7 Å². The minimum Gasteiger partial charge on any atom is -0.368 e. The van der Waals surface area contributed by atoms with Gasteiger partial charge in [0.2, 0.25) is 27.1 Å². The largest absolute Gasteiger partial charge is 0.368 e. The molecule has 0 saturated heterocycles. The lowest BCUT2D eigenvalue weighted by Gasteiger charge is -2.29. The van der Waals surface area contributed by atoms with Crippen molar-refractivity contribution in [1.29, 1.82) is 0 Å². The van der Waals surface area contributed by atoms with Gasteiger partial charge in [0, 0.05) is 38.2 Å². The maximum atomic E-state index is 13.0. The van der Waals surface area contributed by atoms with E-state index in [1.807, 2.05) is 0 Å². The lowest BCUT2D eigenvalue weighted by atomic mass is 9.86. The fourth-order valence-electron chi connectivity index (χ4n) is 3.70. The molecule has 1 saturated carbocycles. The van der Waals surface area contributed by atoms with Crippen LogP contribution in [0.4, 0.5) is 5.95 Å². The van der Waals surface area contributed by atoms with Crippen molar-refractivity contribution < 1.29 is 18.0 Å². The molecule has 1 aliphatic carbocycles. The monoisotopic (exact) mass is 529 g/mol. The number of benzene rings is 1. The fourth-order valence-corrected chi connectivity index (χ4v) is 5.53. The van der Waals surface area contributed by atoms with E-state index in [0.29, 0.717) is 42.1 Å². The maximum absolute atomic E-state index is 13.0. The summed E-state index contributed by atoms with van der Waals surface area (Å²) in [5.41, 5.74) is 7.60. The number of nitrogens with zero attached hydrogens (tertiary/aromatic N) is 2. The topological polar surface area (TPSA) is 144 Å². The number of sulfonamides is 1.